The fraction of sp³-hybridized carbons (Fsp3) is 0.400. The maximum atomic E-state index is 12.1. The third-order valence-electron chi connectivity index (χ3n) is 3.38. The average molecular weight is 274 g/mol. The number of fused-ring (bicyclic) bond motifs is 1. The van der Waals surface area contributed by atoms with Crippen LogP contribution in [0.15, 0.2) is 29.6 Å². The van der Waals surface area contributed by atoms with Gasteiger partial charge in [0, 0.05) is 28.1 Å². The molecular formula is C15H18N2OS. The first kappa shape index (κ1) is 12.6. The minimum atomic E-state index is 0.0453. The highest BCUT2D eigenvalue weighted by molar-refractivity contribution is 7.17. The van der Waals surface area contributed by atoms with Gasteiger partial charge in [-0.25, -0.2) is 0 Å². The molecule has 0 radical (unpaired) electrons. The summed E-state index contributed by atoms with van der Waals surface area (Å²) in [7, 11) is 0. The third kappa shape index (κ3) is 3.14. The van der Waals surface area contributed by atoms with E-state index in [-0.39, 0.29) is 5.91 Å². The van der Waals surface area contributed by atoms with Crippen LogP contribution in [-0.2, 0) is 0 Å². The highest BCUT2D eigenvalue weighted by Gasteiger charge is 2.19. The van der Waals surface area contributed by atoms with Crippen molar-refractivity contribution in [1.29, 1.82) is 0 Å². The molecule has 3 rings (SSSR count). The summed E-state index contributed by atoms with van der Waals surface area (Å²) in [5.74, 6) is 0.0453. The molecule has 0 saturated heterocycles. The first-order valence-electron chi connectivity index (χ1n) is 6.82. The molecule has 4 heteroatoms. The molecule has 1 heterocycles. The van der Waals surface area contributed by atoms with Gasteiger partial charge in [-0.05, 0) is 31.9 Å². The molecule has 1 aliphatic carbocycles. The molecule has 19 heavy (non-hydrogen) atoms. The van der Waals surface area contributed by atoms with Crippen molar-refractivity contribution in [3.8, 4) is 0 Å². The summed E-state index contributed by atoms with van der Waals surface area (Å²) in [6.07, 6.45) is 3.62. The lowest BCUT2D eigenvalue weighted by Gasteiger charge is -2.05. The standard InChI is InChI=1S/C15H18N2OS/c18-15(17-9-3-8-16-11-6-7-11)13-10-19-14-5-2-1-4-12(13)14/h1-2,4-5,10-11,16H,3,6-9H2,(H,17,18). The molecule has 0 spiro atoms. The number of hydrogen-bond donors (Lipinski definition) is 2. The fourth-order valence-electron chi connectivity index (χ4n) is 2.13. The topological polar surface area (TPSA) is 41.1 Å². The zero-order valence-corrected chi connectivity index (χ0v) is 11.6. The summed E-state index contributed by atoms with van der Waals surface area (Å²) < 4.78 is 1.17. The normalized spacial score (nSPS) is 14.7. The second-order valence-electron chi connectivity index (χ2n) is 4.98. The van der Waals surface area contributed by atoms with Crippen molar-refractivity contribution in [1.82, 2.24) is 10.6 Å². The average Bonchev–Trinajstić information content (AvgIpc) is 3.15. The van der Waals surface area contributed by atoms with Crippen LogP contribution in [0.4, 0.5) is 0 Å². The minimum absolute atomic E-state index is 0.0453. The van der Waals surface area contributed by atoms with Crippen molar-refractivity contribution in [2.45, 2.75) is 25.3 Å². The summed E-state index contributed by atoms with van der Waals surface area (Å²) in [4.78, 5) is 12.1. The zero-order valence-electron chi connectivity index (χ0n) is 10.8. The van der Waals surface area contributed by atoms with Gasteiger partial charge in [0.25, 0.3) is 5.91 Å². The van der Waals surface area contributed by atoms with E-state index in [0.29, 0.717) is 0 Å². The molecule has 3 nitrogen and oxygen atoms in total. The highest BCUT2D eigenvalue weighted by Crippen LogP contribution is 2.25. The summed E-state index contributed by atoms with van der Waals surface area (Å²) in [6.45, 7) is 1.73. The second kappa shape index (κ2) is 5.72. The quantitative estimate of drug-likeness (QED) is 0.795. The molecule has 0 atom stereocenters. The van der Waals surface area contributed by atoms with Crippen LogP contribution in [-0.4, -0.2) is 25.0 Å². The van der Waals surface area contributed by atoms with Crippen molar-refractivity contribution in [2.24, 2.45) is 0 Å². The van der Waals surface area contributed by atoms with Crippen LogP contribution < -0.4 is 10.6 Å². The number of nitrogens with one attached hydrogen (secondary N) is 2. The number of thiophene rings is 1. The van der Waals surface area contributed by atoms with Gasteiger partial charge in [-0.3, -0.25) is 4.79 Å². The monoisotopic (exact) mass is 274 g/mol. The Hall–Kier alpha value is -1.39. The Balaban J connectivity index is 1.51. The first-order valence-corrected chi connectivity index (χ1v) is 7.70. The molecule has 0 unspecified atom stereocenters. The van der Waals surface area contributed by atoms with Crippen LogP contribution in [0.25, 0.3) is 10.1 Å². The van der Waals surface area contributed by atoms with Crippen LogP contribution in [0.3, 0.4) is 0 Å². The lowest BCUT2D eigenvalue weighted by atomic mass is 10.1. The Morgan fingerprint density at radius 3 is 2.95 bits per heavy atom. The molecule has 1 fully saturated rings. The van der Waals surface area contributed by atoms with Crippen molar-refractivity contribution in [3.63, 3.8) is 0 Å². The lowest BCUT2D eigenvalue weighted by Crippen LogP contribution is -2.27. The molecule has 2 N–H and O–H groups in total. The number of rotatable bonds is 6. The van der Waals surface area contributed by atoms with Gasteiger partial charge >= 0.3 is 0 Å². The molecule has 1 amide bonds. The predicted molar refractivity (Wildman–Crippen MR) is 79.8 cm³/mol. The van der Waals surface area contributed by atoms with E-state index >= 15 is 0 Å². The van der Waals surface area contributed by atoms with Gasteiger partial charge in [0.15, 0.2) is 0 Å². The molecular weight excluding hydrogens is 256 g/mol. The number of benzene rings is 1. The van der Waals surface area contributed by atoms with Gasteiger partial charge in [-0.2, -0.15) is 0 Å². The van der Waals surface area contributed by atoms with Crippen molar-refractivity contribution in [3.05, 3.63) is 35.2 Å². The Morgan fingerprint density at radius 2 is 2.11 bits per heavy atom. The van der Waals surface area contributed by atoms with Gasteiger partial charge in [0.2, 0.25) is 0 Å². The van der Waals surface area contributed by atoms with E-state index in [4.69, 9.17) is 0 Å². The smallest absolute Gasteiger partial charge is 0.252 e. The first-order chi connectivity index (χ1) is 9.34. The minimum Gasteiger partial charge on any atom is -0.352 e. The summed E-state index contributed by atoms with van der Waals surface area (Å²) in [6, 6.07) is 8.79. The summed E-state index contributed by atoms with van der Waals surface area (Å²) >= 11 is 1.62. The SMILES string of the molecule is O=C(NCCCNC1CC1)c1csc2ccccc12. The van der Waals surface area contributed by atoms with Crippen LogP contribution in [0.5, 0.6) is 0 Å². The van der Waals surface area contributed by atoms with E-state index in [1.165, 1.54) is 17.5 Å². The molecule has 2 aromatic rings. The number of amides is 1. The fourth-order valence-corrected chi connectivity index (χ4v) is 3.07. The Bertz CT molecular complexity index is 574. The van der Waals surface area contributed by atoms with Crippen molar-refractivity contribution in [2.75, 3.05) is 13.1 Å². The molecule has 0 bridgehead atoms. The number of carbonyl (C=O) groups excluding carboxylic acids is 1. The van der Waals surface area contributed by atoms with E-state index in [1.807, 2.05) is 23.6 Å². The molecule has 0 aliphatic heterocycles. The van der Waals surface area contributed by atoms with Gasteiger partial charge in [0.05, 0.1) is 5.56 Å². The van der Waals surface area contributed by atoms with E-state index in [0.717, 1.165) is 36.5 Å². The predicted octanol–water partition coefficient (Wildman–Crippen LogP) is 2.77. The van der Waals surface area contributed by atoms with E-state index in [1.54, 1.807) is 11.3 Å². The van der Waals surface area contributed by atoms with Crippen molar-refractivity contribution >= 4 is 27.3 Å². The molecule has 100 valence electrons. The second-order valence-corrected chi connectivity index (χ2v) is 5.89. The summed E-state index contributed by atoms with van der Waals surface area (Å²) in [5.41, 5.74) is 0.802. The van der Waals surface area contributed by atoms with Crippen LogP contribution >= 0.6 is 11.3 Å². The van der Waals surface area contributed by atoms with E-state index in [2.05, 4.69) is 16.7 Å². The van der Waals surface area contributed by atoms with Gasteiger partial charge in [-0.15, -0.1) is 11.3 Å². The maximum Gasteiger partial charge on any atom is 0.252 e. The number of carbonyl (C=O) groups is 1. The maximum absolute atomic E-state index is 12.1. The Kier molecular flexibility index (Phi) is 3.80. The largest absolute Gasteiger partial charge is 0.352 e. The Labute approximate surface area is 117 Å². The van der Waals surface area contributed by atoms with Gasteiger partial charge < -0.3 is 10.6 Å². The van der Waals surface area contributed by atoms with Crippen LogP contribution in [0.1, 0.15) is 29.6 Å². The molecule has 1 aromatic heterocycles. The van der Waals surface area contributed by atoms with Crippen LogP contribution in [0.2, 0.25) is 0 Å². The lowest BCUT2D eigenvalue weighted by molar-refractivity contribution is 0.0955. The molecule has 1 aliphatic rings. The Morgan fingerprint density at radius 1 is 1.26 bits per heavy atom. The summed E-state index contributed by atoms with van der Waals surface area (Å²) in [5, 5.41) is 9.45. The highest BCUT2D eigenvalue weighted by atomic mass is 32.1. The van der Waals surface area contributed by atoms with E-state index in [9.17, 15) is 4.79 Å². The number of hydrogen-bond acceptors (Lipinski definition) is 3. The molecule has 1 aromatic carbocycles. The zero-order chi connectivity index (χ0) is 13.1. The van der Waals surface area contributed by atoms with Gasteiger partial charge in [0.1, 0.15) is 0 Å². The third-order valence-corrected chi connectivity index (χ3v) is 4.34. The van der Waals surface area contributed by atoms with Crippen LogP contribution in [0, 0.1) is 0 Å². The van der Waals surface area contributed by atoms with Gasteiger partial charge in [-0.1, -0.05) is 18.2 Å². The molecule has 1 saturated carbocycles. The van der Waals surface area contributed by atoms with E-state index < -0.39 is 0 Å². The van der Waals surface area contributed by atoms with Crippen molar-refractivity contribution < 1.29 is 4.79 Å².